The van der Waals surface area contributed by atoms with Crippen LogP contribution < -0.4 is 4.74 Å². The largest absolute Gasteiger partial charge is 0.496 e. The number of thioether (sulfide) groups is 1. The van der Waals surface area contributed by atoms with E-state index in [1.165, 1.54) is 43.8 Å². The first-order valence-electron chi connectivity index (χ1n) is 6.38. The van der Waals surface area contributed by atoms with Crippen LogP contribution in [0.5, 0.6) is 5.75 Å². The summed E-state index contributed by atoms with van der Waals surface area (Å²) in [5.74, 6) is 2.15. The van der Waals surface area contributed by atoms with Crippen molar-refractivity contribution >= 4 is 11.8 Å². The Morgan fingerprint density at radius 3 is 2.71 bits per heavy atom. The van der Waals surface area contributed by atoms with Crippen LogP contribution in [0.2, 0.25) is 0 Å². The maximum Gasteiger partial charge on any atom is 0.132 e. The van der Waals surface area contributed by atoms with E-state index in [0.717, 1.165) is 11.5 Å². The summed E-state index contributed by atoms with van der Waals surface area (Å²) in [5.41, 5.74) is 0. The average Bonchev–Trinajstić information content (AvgIpc) is 2.40. The molecule has 1 aliphatic rings. The standard InChI is InChI=1S/C14H21NOS/c1-16-13-7-3-4-8-14(13)17-12-11-15-9-5-2-6-10-15/h3-4,7-8H,2,5-6,9-12H2,1H3. The molecule has 0 bridgehead atoms. The lowest BCUT2D eigenvalue weighted by Gasteiger charge is -2.26. The molecule has 1 aliphatic heterocycles. The van der Waals surface area contributed by atoms with Gasteiger partial charge in [-0.2, -0.15) is 0 Å². The van der Waals surface area contributed by atoms with Crippen LogP contribution in [0.4, 0.5) is 0 Å². The summed E-state index contributed by atoms with van der Waals surface area (Å²) in [6, 6.07) is 8.27. The van der Waals surface area contributed by atoms with Crippen molar-refractivity contribution in [3.63, 3.8) is 0 Å². The highest BCUT2D eigenvalue weighted by Crippen LogP contribution is 2.28. The summed E-state index contributed by atoms with van der Waals surface area (Å²) >= 11 is 1.90. The topological polar surface area (TPSA) is 12.5 Å². The summed E-state index contributed by atoms with van der Waals surface area (Å²) < 4.78 is 5.35. The molecule has 0 aromatic heterocycles. The Bertz CT molecular complexity index is 337. The van der Waals surface area contributed by atoms with Crippen molar-refractivity contribution in [2.24, 2.45) is 0 Å². The lowest BCUT2D eigenvalue weighted by Crippen LogP contribution is -2.31. The second kappa shape index (κ2) is 6.92. The first-order valence-corrected chi connectivity index (χ1v) is 7.37. The predicted octanol–water partition coefficient (Wildman–Crippen LogP) is 3.27. The van der Waals surface area contributed by atoms with Gasteiger partial charge in [0, 0.05) is 17.2 Å². The van der Waals surface area contributed by atoms with Crippen molar-refractivity contribution in [1.29, 1.82) is 0 Å². The molecule has 0 spiro atoms. The van der Waals surface area contributed by atoms with Crippen LogP contribution in [-0.4, -0.2) is 37.4 Å². The van der Waals surface area contributed by atoms with Crippen LogP contribution in [0, 0.1) is 0 Å². The van der Waals surface area contributed by atoms with Gasteiger partial charge in [-0.1, -0.05) is 18.6 Å². The smallest absolute Gasteiger partial charge is 0.132 e. The molecule has 2 nitrogen and oxygen atoms in total. The summed E-state index contributed by atoms with van der Waals surface area (Å²) in [6.07, 6.45) is 4.16. The molecule has 0 aliphatic carbocycles. The second-order valence-electron chi connectivity index (χ2n) is 4.40. The van der Waals surface area contributed by atoms with Gasteiger partial charge in [0.1, 0.15) is 5.75 Å². The number of methoxy groups -OCH3 is 1. The fourth-order valence-electron chi connectivity index (χ4n) is 2.21. The number of benzene rings is 1. The Balaban J connectivity index is 1.77. The third-order valence-corrected chi connectivity index (χ3v) is 4.22. The Labute approximate surface area is 108 Å². The lowest BCUT2D eigenvalue weighted by molar-refractivity contribution is 0.242. The van der Waals surface area contributed by atoms with E-state index in [4.69, 9.17) is 4.74 Å². The number of hydrogen-bond acceptors (Lipinski definition) is 3. The Morgan fingerprint density at radius 1 is 1.18 bits per heavy atom. The third kappa shape index (κ3) is 3.93. The Morgan fingerprint density at radius 2 is 1.94 bits per heavy atom. The van der Waals surface area contributed by atoms with E-state index in [2.05, 4.69) is 17.0 Å². The van der Waals surface area contributed by atoms with Crippen LogP contribution in [0.1, 0.15) is 19.3 Å². The molecular weight excluding hydrogens is 230 g/mol. The van der Waals surface area contributed by atoms with E-state index in [1.807, 2.05) is 23.9 Å². The number of nitrogens with zero attached hydrogens (tertiary/aromatic N) is 1. The molecule has 1 aromatic rings. The van der Waals surface area contributed by atoms with Crippen LogP contribution in [0.25, 0.3) is 0 Å². The van der Waals surface area contributed by atoms with E-state index in [1.54, 1.807) is 7.11 Å². The number of piperidine rings is 1. The molecule has 0 amide bonds. The van der Waals surface area contributed by atoms with Gasteiger partial charge >= 0.3 is 0 Å². The van der Waals surface area contributed by atoms with Gasteiger partial charge in [-0.3, -0.25) is 0 Å². The molecule has 3 heteroatoms. The Kier molecular flexibility index (Phi) is 5.20. The minimum Gasteiger partial charge on any atom is -0.496 e. The summed E-state index contributed by atoms with van der Waals surface area (Å²) in [7, 11) is 1.74. The van der Waals surface area contributed by atoms with Crippen molar-refractivity contribution < 1.29 is 4.74 Å². The van der Waals surface area contributed by atoms with E-state index in [-0.39, 0.29) is 0 Å². The molecule has 0 radical (unpaired) electrons. The van der Waals surface area contributed by atoms with Crippen molar-refractivity contribution in [2.75, 3.05) is 32.5 Å². The molecule has 94 valence electrons. The zero-order chi connectivity index (χ0) is 11.9. The number of likely N-dealkylation sites (tertiary alicyclic amines) is 1. The third-order valence-electron chi connectivity index (χ3n) is 3.18. The van der Waals surface area contributed by atoms with E-state index in [9.17, 15) is 0 Å². The maximum atomic E-state index is 5.35. The van der Waals surface area contributed by atoms with Crippen LogP contribution in [0.15, 0.2) is 29.2 Å². The van der Waals surface area contributed by atoms with Crippen molar-refractivity contribution in [3.05, 3.63) is 24.3 Å². The van der Waals surface area contributed by atoms with Crippen molar-refractivity contribution in [1.82, 2.24) is 4.90 Å². The van der Waals surface area contributed by atoms with E-state index < -0.39 is 0 Å². The van der Waals surface area contributed by atoms with Crippen molar-refractivity contribution in [3.8, 4) is 5.75 Å². The Hall–Kier alpha value is -0.670. The maximum absolute atomic E-state index is 5.35. The molecule has 1 heterocycles. The molecule has 1 saturated heterocycles. The predicted molar refractivity (Wildman–Crippen MR) is 74.0 cm³/mol. The van der Waals surface area contributed by atoms with Crippen LogP contribution in [-0.2, 0) is 0 Å². The van der Waals surface area contributed by atoms with Crippen LogP contribution in [0.3, 0.4) is 0 Å². The minimum atomic E-state index is 0.996. The molecule has 0 unspecified atom stereocenters. The highest BCUT2D eigenvalue weighted by atomic mass is 32.2. The SMILES string of the molecule is COc1ccccc1SCCN1CCCCC1. The number of rotatable bonds is 5. The molecule has 0 N–H and O–H groups in total. The second-order valence-corrected chi connectivity index (χ2v) is 5.54. The fraction of sp³-hybridized carbons (Fsp3) is 0.571. The minimum absolute atomic E-state index is 0.996. The molecule has 2 rings (SSSR count). The first-order chi connectivity index (χ1) is 8.40. The number of para-hydroxylation sites is 1. The molecular formula is C14H21NOS. The van der Waals surface area contributed by atoms with Crippen LogP contribution >= 0.6 is 11.8 Å². The molecule has 0 atom stereocenters. The highest BCUT2D eigenvalue weighted by Gasteiger charge is 2.10. The molecule has 1 aromatic carbocycles. The van der Waals surface area contributed by atoms with Gasteiger partial charge in [-0.15, -0.1) is 11.8 Å². The van der Waals surface area contributed by atoms with E-state index >= 15 is 0 Å². The summed E-state index contributed by atoms with van der Waals surface area (Å²) in [4.78, 5) is 3.83. The quantitative estimate of drug-likeness (QED) is 0.745. The average molecular weight is 251 g/mol. The van der Waals surface area contributed by atoms with Gasteiger partial charge < -0.3 is 9.64 Å². The molecule has 1 fully saturated rings. The van der Waals surface area contributed by atoms with Gasteiger partial charge in [0.05, 0.1) is 7.11 Å². The van der Waals surface area contributed by atoms with Gasteiger partial charge in [0.15, 0.2) is 0 Å². The van der Waals surface area contributed by atoms with Gasteiger partial charge in [0.2, 0.25) is 0 Å². The first kappa shape index (κ1) is 12.8. The monoisotopic (exact) mass is 251 g/mol. The lowest BCUT2D eigenvalue weighted by atomic mass is 10.1. The van der Waals surface area contributed by atoms with E-state index in [0.29, 0.717) is 0 Å². The van der Waals surface area contributed by atoms with Gasteiger partial charge in [0.25, 0.3) is 0 Å². The number of hydrogen-bond donors (Lipinski definition) is 0. The van der Waals surface area contributed by atoms with Gasteiger partial charge in [-0.05, 0) is 38.1 Å². The van der Waals surface area contributed by atoms with Crippen molar-refractivity contribution in [2.45, 2.75) is 24.2 Å². The zero-order valence-corrected chi connectivity index (χ0v) is 11.3. The summed E-state index contributed by atoms with van der Waals surface area (Å²) in [6.45, 7) is 3.77. The van der Waals surface area contributed by atoms with Gasteiger partial charge in [-0.25, -0.2) is 0 Å². The molecule has 0 saturated carbocycles. The number of ether oxygens (including phenoxy) is 1. The normalized spacial score (nSPS) is 17.0. The fourth-order valence-corrected chi connectivity index (χ4v) is 3.24. The molecule has 17 heavy (non-hydrogen) atoms. The zero-order valence-electron chi connectivity index (χ0n) is 10.5. The summed E-state index contributed by atoms with van der Waals surface area (Å²) in [5, 5.41) is 0. The highest BCUT2D eigenvalue weighted by molar-refractivity contribution is 7.99.